The van der Waals surface area contributed by atoms with Crippen LogP contribution in [0.15, 0.2) is 29.2 Å². The van der Waals surface area contributed by atoms with E-state index in [0.29, 0.717) is 30.3 Å². The number of hydrogen-bond acceptors (Lipinski definition) is 4. The maximum atomic E-state index is 12.8. The predicted molar refractivity (Wildman–Crippen MR) is 81.5 cm³/mol. The maximum Gasteiger partial charge on any atom is 0.245 e. The van der Waals surface area contributed by atoms with Crippen molar-refractivity contribution in [2.75, 3.05) is 32.1 Å². The minimum Gasteiger partial charge on any atom is -0.384 e. The highest BCUT2D eigenvalue weighted by Crippen LogP contribution is 2.25. The molecule has 0 radical (unpaired) electrons. The van der Waals surface area contributed by atoms with Crippen LogP contribution < -0.4 is 5.32 Å². The standard InChI is InChI=1S/C14H24N2O3S/c1-5-15-13-8-6-7-9-14(13)20(17,18)16(12(2)3)10-11-19-4/h6-9,12,15H,5,10-11H2,1-4H3. The summed E-state index contributed by atoms with van der Waals surface area (Å²) in [6.45, 7) is 7.06. The lowest BCUT2D eigenvalue weighted by Gasteiger charge is -2.26. The van der Waals surface area contributed by atoms with Gasteiger partial charge in [-0.2, -0.15) is 4.31 Å². The van der Waals surface area contributed by atoms with Crippen molar-refractivity contribution in [2.24, 2.45) is 0 Å². The van der Waals surface area contributed by atoms with Crippen LogP contribution in [0, 0.1) is 0 Å². The van der Waals surface area contributed by atoms with Crippen LogP contribution in [-0.4, -0.2) is 45.6 Å². The Balaban J connectivity index is 3.19. The lowest BCUT2D eigenvalue weighted by atomic mass is 10.3. The number of hydrogen-bond donors (Lipinski definition) is 1. The molecule has 20 heavy (non-hydrogen) atoms. The third-order valence-electron chi connectivity index (χ3n) is 2.93. The first-order valence-corrected chi connectivity index (χ1v) is 8.22. The average molecular weight is 300 g/mol. The molecule has 0 aliphatic rings. The third-order valence-corrected chi connectivity index (χ3v) is 5.07. The molecule has 0 aliphatic carbocycles. The Morgan fingerprint density at radius 2 is 1.95 bits per heavy atom. The van der Waals surface area contributed by atoms with E-state index in [9.17, 15) is 8.42 Å². The number of rotatable bonds is 8. The number of nitrogens with one attached hydrogen (secondary N) is 1. The molecule has 0 aliphatic heterocycles. The molecule has 6 heteroatoms. The van der Waals surface area contributed by atoms with Crippen LogP contribution in [0.4, 0.5) is 5.69 Å². The van der Waals surface area contributed by atoms with E-state index in [2.05, 4.69) is 5.32 Å². The van der Waals surface area contributed by atoms with Gasteiger partial charge in [0.1, 0.15) is 4.90 Å². The number of nitrogens with zero attached hydrogens (tertiary/aromatic N) is 1. The Hall–Kier alpha value is -1.11. The molecule has 1 N–H and O–H groups in total. The van der Waals surface area contributed by atoms with Crippen LogP contribution in [0.2, 0.25) is 0 Å². The van der Waals surface area contributed by atoms with E-state index < -0.39 is 10.0 Å². The molecule has 0 atom stereocenters. The van der Waals surface area contributed by atoms with Gasteiger partial charge >= 0.3 is 0 Å². The summed E-state index contributed by atoms with van der Waals surface area (Å²) in [7, 11) is -1.97. The van der Waals surface area contributed by atoms with Crippen LogP contribution in [-0.2, 0) is 14.8 Å². The molecule has 1 aromatic carbocycles. The zero-order valence-corrected chi connectivity index (χ0v) is 13.4. The van der Waals surface area contributed by atoms with Crippen molar-refractivity contribution in [3.05, 3.63) is 24.3 Å². The summed E-state index contributed by atoms with van der Waals surface area (Å²) in [6.07, 6.45) is 0. The molecule has 0 unspecified atom stereocenters. The Bertz CT molecular complexity index is 515. The largest absolute Gasteiger partial charge is 0.384 e. The fourth-order valence-electron chi connectivity index (χ4n) is 1.99. The molecule has 0 bridgehead atoms. The molecule has 0 fully saturated rings. The van der Waals surface area contributed by atoms with Crippen molar-refractivity contribution in [1.82, 2.24) is 4.31 Å². The molecule has 0 heterocycles. The van der Waals surface area contributed by atoms with Crippen LogP contribution >= 0.6 is 0 Å². The van der Waals surface area contributed by atoms with Crippen molar-refractivity contribution < 1.29 is 13.2 Å². The average Bonchev–Trinajstić information content (AvgIpc) is 2.39. The summed E-state index contributed by atoms with van der Waals surface area (Å²) in [5, 5.41) is 3.10. The van der Waals surface area contributed by atoms with Gasteiger partial charge in [0.2, 0.25) is 10.0 Å². The van der Waals surface area contributed by atoms with Crippen molar-refractivity contribution in [2.45, 2.75) is 31.7 Å². The molecule has 0 aromatic heterocycles. The van der Waals surface area contributed by atoms with Crippen molar-refractivity contribution in [3.63, 3.8) is 0 Å². The van der Waals surface area contributed by atoms with Crippen molar-refractivity contribution >= 4 is 15.7 Å². The van der Waals surface area contributed by atoms with Gasteiger partial charge in [0.15, 0.2) is 0 Å². The molecule has 114 valence electrons. The highest BCUT2D eigenvalue weighted by molar-refractivity contribution is 7.89. The molecule has 0 spiro atoms. The van der Waals surface area contributed by atoms with E-state index in [4.69, 9.17) is 4.74 Å². The van der Waals surface area contributed by atoms with Gasteiger partial charge in [-0.05, 0) is 32.9 Å². The van der Waals surface area contributed by atoms with Gasteiger partial charge in [-0.1, -0.05) is 12.1 Å². The second kappa shape index (κ2) is 7.61. The summed E-state index contributed by atoms with van der Waals surface area (Å²) >= 11 is 0. The van der Waals surface area contributed by atoms with Gasteiger partial charge in [-0.3, -0.25) is 0 Å². The smallest absolute Gasteiger partial charge is 0.245 e. The molecule has 0 saturated heterocycles. The van der Waals surface area contributed by atoms with E-state index in [1.807, 2.05) is 26.8 Å². The van der Waals surface area contributed by atoms with E-state index in [0.717, 1.165) is 0 Å². The number of methoxy groups -OCH3 is 1. The Morgan fingerprint density at radius 3 is 2.50 bits per heavy atom. The van der Waals surface area contributed by atoms with Gasteiger partial charge in [0.25, 0.3) is 0 Å². The molecule has 5 nitrogen and oxygen atoms in total. The van der Waals surface area contributed by atoms with Gasteiger partial charge in [0, 0.05) is 26.2 Å². The zero-order valence-electron chi connectivity index (χ0n) is 12.6. The van der Waals surface area contributed by atoms with Gasteiger partial charge in [-0.25, -0.2) is 8.42 Å². The molecular weight excluding hydrogens is 276 g/mol. The predicted octanol–water partition coefficient (Wildman–Crippen LogP) is 2.16. The summed E-state index contributed by atoms with van der Waals surface area (Å²) < 4.78 is 32.1. The summed E-state index contributed by atoms with van der Waals surface area (Å²) in [6, 6.07) is 6.86. The maximum absolute atomic E-state index is 12.8. The number of sulfonamides is 1. The number of ether oxygens (including phenoxy) is 1. The molecular formula is C14H24N2O3S. The lowest BCUT2D eigenvalue weighted by molar-refractivity contribution is 0.171. The topological polar surface area (TPSA) is 58.6 Å². The minimum atomic E-state index is -3.53. The van der Waals surface area contributed by atoms with Gasteiger partial charge in [0.05, 0.1) is 12.3 Å². The first-order chi connectivity index (χ1) is 9.45. The second-order valence-corrected chi connectivity index (χ2v) is 6.59. The van der Waals surface area contributed by atoms with Crippen LogP contribution in [0.3, 0.4) is 0 Å². The van der Waals surface area contributed by atoms with E-state index >= 15 is 0 Å². The number of anilines is 1. The summed E-state index contributed by atoms with van der Waals surface area (Å²) in [5.74, 6) is 0. The van der Waals surface area contributed by atoms with Gasteiger partial charge in [-0.15, -0.1) is 0 Å². The molecule has 1 rings (SSSR count). The van der Waals surface area contributed by atoms with Gasteiger partial charge < -0.3 is 10.1 Å². The quantitative estimate of drug-likeness (QED) is 0.799. The highest BCUT2D eigenvalue weighted by Gasteiger charge is 2.28. The Kier molecular flexibility index (Phi) is 6.45. The normalized spacial score (nSPS) is 12.1. The Morgan fingerprint density at radius 1 is 1.30 bits per heavy atom. The number of benzene rings is 1. The fourth-order valence-corrected chi connectivity index (χ4v) is 3.78. The van der Waals surface area contributed by atoms with Crippen LogP contribution in [0.1, 0.15) is 20.8 Å². The monoisotopic (exact) mass is 300 g/mol. The minimum absolute atomic E-state index is 0.121. The van der Waals surface area contributed by atoms with Crippen LogP contribution in [0.25, 0.3) is 0 Å². The zero-order chi connectivity index (χ0) is 15.2. The molecule has 0 amide bonds. The van der Waals surface area contributed by atoms with E-state index in [1.54, 1.807) is 25.3 Å². The Labute approximate surface area is 122 Å². The SMILES string of the molecule is CCNc1ccccc1S(=O)(=O)N(CCOC)C(C)C. The van der Waals surface area contributed by atoms with E-state index in [1.165, 1.54) is 4.31 Å². The molecule has 0 saturated carbocycles. The second-order valence-electron chi connectivity index (χ2n) is 4.73. The highest BCUT2D eigenvalue weighted by atomic mass is 32.2. The third kappa shape index (κ3) is 3.94. The summed E-state index contributed by atoms with van der Waals surface area (Å²) in [5.41, 5.74) is 0.637. The first-order valence-electron chi connectivity index (χ1n) is 6.78. The van der Waals surface area contributed by atoms with Crippen LogP contribution in [0.5, 0.6) is 0 Å². The van der Waals surface area contributed by atoms with E-state index in [-0.39, 0.29) is 6.04 Å². The van der Waals surface area contributed by atoms with Crippen molar-refractivity contribution in [1.29, 1.82) is 0 Å². The number of para-hydroxylation sites is 1. The fraction of sp³-hybridized carbons (Fsp3) is 0.571. The first kappa shape index (κ1) is 16.9. The molecule has 1 aromatic rings. The lowest BCUT2D eigenvalue weighted by Crippen LogP contribution is -2.39. The summed E-state index contributed by atoms with van der Waals surface area (Å²) in [4.78, 5) is 0.312. The van der Waals surface area contributed by atoms with Crippen molar-refractivity contribution in [3.8, 4) is 0 Å².